The Labute approximate surface area is 124 Å². The molecule has 0 heterocycles. The van der Waals surface area contributed by atoms with Gasteiger partial charge in [-0.25, -0.2) is 0 Å². The van der Waals surface area contributed by atoms with E-state index in [-0.39, 0.29) is 0 Å². The Kier molecular flexibility index (Phi) is 4.24. The molecule has 2 nitrogen and oxygen atoms in total. The summed E-state index contributed by atoms with van der Waals surface area (Å²) in [6.07, 6.45) is 2.61. The molecule has 2 aromatic carbocycles. The first kappa shape index (κ1) is 13.5. The van der Waals surface area contributed by atoms with Crippen molar-refractivity contribution in [3.8, 4) is 5.75 Å². The van der Waals surface area contributed by atoms with Crippen LogP contribution in [-0.4, -0.2) is 6.04 Å². The molecule has 0 radical (unpaired) electrons. The van der Waals surface area contributed by atoms with E-state index in [9.17, 15) is 0 Å². The first-order chi connectivity index (χ1) is 9.83. The van der Waals surface area contributed by atoms with Crippen LogP contribution in [0.5, 0.6) is 5.75 Å². The number of nitrogens with one attached hydrogen (secondary N) is 1. The number of para-hydroxylation sites is 1. The number of benzene rings is 2. The highest BCUT2D eigenvalue weighted by atomic mass is 35.5. The van der Waals surface area contributed by atoms with E-state index in [2.05, 4.69) is 23.5 Å². The molecule has 0 spiro atoms. The number of hydrogen-bond acceptors (Lipinski definition) is 2. The smallest absolute Gasteiger partial charge is 0.138 e. The molecule has 0 saturated heterocycles. The van der Waals surface area contributed by atoms with E-state index in [1.54, 1.807) is 0 Å². The van der Waals surface area contributed by atoms with Crippen LogP contribution in [0.15, 0.2) is 48.5 Å². The van der Waals surface area contributed by atoms with Gasteiger partial charge in [0.15, 0.2) is 0 Å². The van der Waals surface area contributed by atoms with Crippen molar-refractivity contribution in [1.82, 2.24) is 5.32 Å². The molecule has 0 aliphatic heterocycles. The molecule has 3 rings (SSSR count). The minimum absolute atomic E-state index is 0.548. The van der Waals surface area contributed by atoms with Gasteiger partial charge in [0.05, 0.1) is 5.02 Å². The summed E-state index contributed by atoms with van der Waals surface area (Å²) < 4.78 is 5.83. The van der Waals surface area contributed by atoms with Crippen LogP contribution in [0.4, 0.5) is 0 Å². The summed E-state index contributed by atoms with van der Waals surface area (Å²) in [6, 6.07) is 16.7. The average Bonchev–Trinajstić information content (AvgIpc) is 3.29. The molecule has 0 unspecified atom stereocenters. The van der Waals surface area contributed by atoms with Gasteiger partial charge in [-0.3, -0.25) is 0 Å². The molecule has 0 bridgehead atoms. The van der Waals surface area contributed by atoms with Gasteiger partial charge in [-0.2, -0.15) is 0 Å². The largest absolute Gasteiger partial charge is 0.487 e. The topological polar surface area (TPSA) is 21.3 Å². The molecule has 3 heteroatoms. The number of halogens is 1. The van der Waals surface area contributed by atoms with E-state index in [1.165, 1.54) is 24.0 Å². The fraction of sp³-hybridized carbons (Fsp3) is 0.294. The lowest BCUT2D eigenvalue weighted by Crippen LogP contribution is -2.16. The van der Waals surface area contributed by atoms with Crippen molar-refractivity contribution in [3.63, 3.8) is 0 Å². The minimum atomic E-state index is 0.548. The lowest BCUT2D eigenvalue weighted by atomic mass is 10.1. The lowest BCUT2D eigenvalue weighted by molar-refractivity contribution is 0.305. The maximum atomic E-state index is 6.10. The maximum absolute atomic E-state index is 6.10. The zero-order valence-electron chi connectivity index (χ0n) is 11.3. The van der Waals surface area contributed by atoms with Gasteiger partial charge in [0.25, 0.3) is 0 Å². The summed E-state index contributed by atoms with van der Waals surface area (Å²) >= 11 is 6.10. The normalized spacial score (nSPS) is 14.2. The second-order valence-electron chi connectivity index (χ2n) is 5.14. The number of hydrogen-bond donors (Lipinski definition) is 1. The molecule has 0 atom stereocenters. The summed E-state index contributed by atoms with van der Waals surface area (Å²) in [6.45, 7) is 1.46. The summed E-state index contributed by atoms with van der Waals surface area (Å²) in [5.74, 6) is 0.735. The van der Waals surface area contributed by atoms with Crippen molar-refractivity contribution in [2.24, 2.45) is 0 Å². The summed E-state index contributed by atoms with van der Waals surface area (Å²) in [5.41, 5.74) is 2.51. The van der Waals surface area contributed by atoms with Crippen LogP contribution in [0.2, 0.25) is 5.02 Å². The zero-order chi connectivity index (χ0) is 13.8. The quantitative estimate of drug-likeness (QED) is 0.861. The molecule has 20 heavy (non-hydrogen) atoms. The van der Waals surface area contributed by atoms with Crippen molar-refractivity contribution in [3.05, 3.63) is 64.7 Å². The maximum Gasteiger partial charge on any atom is 0.138 e. The van der Waals surface area contributed by atoms with Crippen molar-refractivity contribution in [2.75, 3.05) is 0 Å². The Balaban J connectivity index is 1.65. The summed E-state index contributed by atoms with van der Waals surface area (Å²) in [7, 11) is 0. The molecule has 2 aromatic rings. The van der Waals surface area contributed by atoms with Crippen molar-refractivity contribution in [2.45, 2.75) is 32.0 Å². The Morgan fingerprint density at radius 1 is 1.00 bits per heavy atom. The standard InChI is InChI=1S/C17H18ClNO/c18-16-7-3-4-8-17(16)20-12-14-6-2-1-5-13(14)11-19-15-9-10-15/h1-8,15,19H,9-12H2. The van der Waals surface area contributed by atoms with Gasteiger partial charge in [0.1, 0.15) is 12.4 Å². The highest BCUT2D eigenvalue weighted by Crippen LogP contribution is 2.25. The predicted octanol–water partition coefficient (Wildman–Crippen LogP) is 4.17. The molecule has 104 valence electrons. The van der Waals surface area contributed by atoms with Crippen LogP contribution in [-0.2, 0) is 13.2 Å². The highest BCUT2D eigenvalue weighted by Gasteiger charge is 2.20. The van der Waals surface area contributed by atoms with Crippen molar-refractivity contribution < 1.29 is 4.74 Å². The Hall–Kier alpha value is -1.51. The van der Waals surface area contributed by atoms with E-state index in [4.69, 9.17) is 16.3 Å². The summed E-state index contributed by atoms with van der Waals surface area (Å²) in [5, 5.41) is 4.20. The minimum Gasteiger partial charge on any atom is -0.487 e. The van der Waals surface area contributed by atoms with Crippen LogP contribution in [0.1, 0.15) is 24.0 Å². The highest BCUT2D eigenvalue weighted by molar-refractivity contribution is 6.32. The monoisotopic (exact) mass is 287 g/mol. The van der Waals surface area contributed by atoms with Crippen molar-refractivity contribution >= 4 is 11.6 Å². The Morgan fingerprint density at radius 3 is 2.45 bits per heavy atom. The molecular formula is C17H18ClNO. The van der Waals surface area contributed by atoms with E-state index in [0.717, 1.165) is 12.3 Å². The molecule has 1 fully saturated rings. The average molecular weight is 288 g/mol. The summed E-state index contributed by atoms with van der Waals surface area (Å²) in [4.78, 5) is 0. The van der Waals surface area contributed by atoms with E-state index < -0.39 is 0 Å². The van der Waals surface area contributed by atoms with Crippen molar-refractivity contribution in [1.29, 1.82) is 0 Å². The van der Waals surface area contributed by atoms with Crippen LogP contribution in [0.3, 0.4) is 0 Å². The van der Waals surface area contributed by atoms with Crippen LogP contribution in [0.25, 0.3) is 0 Å². The van der Waals surface area contributed by atoms with E-state index >= 15 is 0 Å². The third kappa shape index (κ3) is 3.53. The van der Waals surface area contributed by atoms with Crippen LogP contribution < -0.4 is 10.1 Å². The van der Waals surface area contributed by atoms with Gasteiger partial charge in [0, 0.05) is 12.6 Å². The molecule has 1 N–H and O–H groups in total. The van der Waals surface area contributed by atoms with E-state index in [1.807, 2.05) is 30.3 Å². The third-order valence-corrected chi connectivity index (χ3v) is 3.81. The lowest BCUT2D eigenvalue weighted by Gasteiger charge is -2.12. The Morgan fingerprint density at radius 2 is 1.70 bits per heavy atom. The first-order valence-corrected chi connectivity index (χ1v) is 7.38. The van der Waals surface area contributed by atoms with Gasteiger partial charge in [-0.1, -0.05) is 48.0 Å². The number of ether oxygens (including phenoxy) is 1. The van der Waals surface area contributed by atoms with Gasteiger partial charge in [-0.15, -0.1) is 0 Å². The van der Waals surface area contributed by atoms with Crippen LogP contribution in [0, 0.1) is 0 Å². The molecular weight excluding hydrogens is 270 g/mol. The van der Waals surface area contributed by atoms with Crippen LogP contribution >= 0.6 is 11.6 Å². The third-order valence-electron chi connectivity index (χ3n) is 3.50. The fourth-order valence-corrected chi connectivity index (χ4v) is 2.32. The molecule has 1 aliphatic rings. The zero-order valence-corrected chi connectivity index (χ0v) is 12.1. The van der Waals surface area contributed by atoms with E-state index in [0.29, 0.717) is 17.7 Å². The second-order valence-corrected chi connectivity index (χ2v) is 5.55. The predicted molar refractivity (Wildman–Crippen MR) is 82.1 cm³/mol. The van der Waals surface area contributed by atoms with Gasteiger partial charge >= 0.3 is 0 Å². The van der Waals surface area contributed by atoms with Gasteiger partial charge in [-0.05, 0) is 36.1 Å². The SMILES string of the molecule is Clc1ccccc1OCc1ccccc1CNC1CC1. The Bertz CT molecular complexity index is 581. The molecule has 1 aliphatic carbocycles. The van der Waals surface area contributed by atoms with Gasteiger partial charge < -0.3 is 10.1 Å². The molecule has 0 amide bonds. The number of rotatable bonds is 6. The molecule has 1 saturated carbocycles. The first-order valence-electron chi connectivity index (χ1n) is 7.00. The second kappa shape index (κ2) is 6.29. The van der Waals surface area contributed by atoms with Gasteiger partial charge in [0.2, 0.25) is 0 Å². The fourth-order valence-electron chi connectivity index (χ4n) is 2.13. The molecule has 0 aromatic heterocycles.